The van der Waals surface area contributed by atoms with Gasteiger partial charge in [0.05, 0.1) is 0 Å². The SMILES string of the molecule is CC1(C)c2ccccc2-c2cccc(-c3ccc(-c4cc[c-]c(-c5ccccn5)c4)cc3)c21.Cc1cccc(-c2[c-]cccc2)n1.[Ir]. The van der Waals surface area contributed by atoms with E-state index in [1.165, 1.54) is 44.5 Å². The topological polar surface area (TPSA) is 25.8 Å². The first-order chi connectivity index (χ1) is 22.5. The molecule has 0 saturated carbocycles. The van der Waals surface area contributed by atoms with Crippen molar-refractivity contribution in [3.63, 3.8) is 0 Å². The van der Waals surface area contributed by atoms with Gasteiger partial charge in [0.1, 0.15) is 0 Å². The van der Waals surface area contributed by atoms with Crippen LogP contribution in [0, 0.1) is 19.1 Å². The number of nitrogens with zero attached hydrogens (tertiary/aromatic N) is 2. The molecule has 2 nitrogen and oxygen atoms in total. The van der Waals surface area contributed by atoms with Crippen LogP contribution in [0.4, 0.5) is 0 Å². The van der Waals surface area contributed by atoms with Crippen LogP contribution < -0.4 is 0 Å². The predicted molar refractivity (Wildman–Crippen MR) is 190 cm³/mol. The molecule has 0 atom stereocenters. The van der Waals surface area contributed by atoms with Crippen LogP contribution in [-0.2, 0) is 25.5 Å². The van der Waals surface area contributed by atoms with Crippen LogP contribution in [0.25, 0.3) is 55.9 Å². The van der Waals surface area contributed by atoms with Gasteiger partial charge in [0.2, 0.25) is 0 Å². The molecule has 8 rings (SSSR count). The van der Waals surface area contributed by atoms with Crippen LogP contribution in [0.5, 0.6) is 0 Å². The zero-order chi connectivity index (χ0) is 31.5. The molecule has 0 saturated heterocycles. The fourth-order valence-electron chi connectivity index (χ4n) is 6.49. The first-order valence-corrected chi connectivity index (χ1v) is 15.7. The molecule has 1 aliphatic carbocycles. The normalized spacial score (nSPS) is 12.1. The summed E-state index contributed by atoms with van der Waals surface area (Å²) in [5, 5.41) is 0. The molecule has 0 amide bonds. The molecule has 2 aromatic heterocycles. The molecule has 0 N–H and O–H groups in total. The summed E-state index contributed by atoms with van der Waals surface area (Å²) in [4.78, 5) is 8.88. The average Bonchev–Trinajstić information content (AvgIpc) is 3.36. The number of pyridine rings is 2. The number of hydrogen-bond acceptors (Lipinski definition) is 2. The Labute approximate surface area is 291 Å². The fraction of sp³-hybridized carbons (Fsp3) is 0.0909. The molecule has 1 radical (unpaired) electrons. The van der Waals surface area contributed by atoms with Crippen molar-refractivity contribution in [3.05, 3.63) is 181 Å². The van der Waals surface area contributed by atoms with Crippen LogP contribution in [0.3, 0.4) is 0 Å². The Hall–Kier alpha value is -4.95. The Balaban J connectivity index is 0.000000232. The minimum Gasteiger partial charge on any atom is -0.305 e. The van der Waals surface area contributed by atoms with E-state index >= 15 is 0 Å². The fourth-order valence-corrected chi connectivity index (χ4v) is 6.49. The summed E-state index contributed by atoms with van der Waals surface area (Å²) in [6.45, 7) is 6.68. The smallest absolute Gasteiger partial charge is 0.0266 e. The van der Waals surface area contributed by atoms with Crippen LogP contribution in [0.2, 0.25) is 0 Å². The van der Waals surface area contributed by atoms with E-state index in [0.717, 1.165) is 28.2 Å². The number of aromatic nitrogens is 2. The van der Waals surface area contributed by atoms with Gasteiger partial charge in [0, 0.05) is 37.4 Å². The number of rotatable bonds is 4. The number of hydrogen-bond donors (Lipinski definition) is 0. The van der Waals surface area contributed by atoms with Crippen molar-refractivity contribution in [2.75, 3.05) is 0 Å². The Kier molecular flexibility index (Phi) is 9.40. The molecule has 0 unspecified atom stereocenters. The van der Waals surface area contributed by atoms with Gasteiger partial charge in [-0.25, -0.2) is 0 Å². The Morgan fingerprint density at radius 3 is 1.98 bits per heavy atom. The van der Waals surface area contributed by atoms with Gasteiger partial charge in [-0.05, 0) is 69.4 Å². The van der Waals surface area contributed by atoms with Gasteiger partial charge in [-0.15, -0.1) is 71.3 Å². The number of fused-ring (bicyclic) bond motifs is 3. The van der Waals surface area contributed by atoms with E-state index in [1.807, 2.05) is 79.9 Å². The molecule has 0 spiro atoms. The Morgan fingerprint density at radius 1 is 0.532 bits per heavy atom. The largest absolute Gasteiger partial charge is 0.305 e. The van der Waals surface area contributed by atoms with Crippen molar-refractivity contribution >= 4 is 0 Å². The molecule has 0 aliphatic heterocycles. The first-order valence-electron chi connectivity index (χ1n) is 15.7. The first kappa shape index (κ1) is 32.0. The molecule has 1 aliphatic rings. The van der Waals surface area contributed by atoms with Crippen LogP contribution in [-0.4, -0.2) is 9.97 Å². The molecule has 0 fully saturated rings. The third kappa shape index (κ3) is 6.51. The van der Waals surface area contributed by atoms with Crippen molar-refractivity contribution in [1.82, 2.24) is 9.97 Å². The monoisotopic (exact) mass is 783 g/mol. The number of aryl methyl sites for hydroxylation is 1. The van der Waals surface area contributed by atoms with E-state index in [1.54, 1.807) is 0 Å². The van der Waals surface area contributed by atoms with Gasteiger partial charge >= 0.3 is 0 Å². The van der Waals surface area contributed by atoms with Crippen LogP contribution in [0.15, 0.2) is 152 Å². The van der Waals surface area contributed by atoms with Crippen molar-refractivity contribution in [2.24, 2.45) is 0 Å². The summed E-state index contributed by atoms with van der Waals surface area (Å²) < 4.78 is 0. The summed E-state index contributed by atoms with van der Waals surface area (Å²) in [5.41, 5.74) is 15.5. The second-order valence-electron chi connectivity index (χ2n) is 12.1. The summed E-state index contributed by atoms with van der Waals surface area (Å²) in [7, 11) is 0. The third-order valence-corrected chi connectivity index (χ3v) is 8.73. The summed E-state index contributed by atoms with van der Waals surface area (Å²) in [6, 6.07) is 57.0. The van der Waals surface area contributed by atoms with E-state index in [0.29, 0.717) is 0 Å². The predicted octanol–water partition coefficient (Wildman–Crippen LogP) is 11.0. The maximum absolute atomic E-state index is 4.47. The van der Waals surface area contributed by atoms with Gasteiger partial charge in [-0.2, -0.15) is 0 Å². The minimum atomic E-state index is -0.0198. The molecular weight excluding hydrogens is 749 g/mol. The van der Waals surface area contributed by atoms with Gasteiger partial charge in [0.25, 0.3) is 0 Å². The van der Waals surface area contributed by atoms with E-state index in [-0.39, 0.29) is 25.5 Å². The molecule has 5 aromatic carbocycles. The third-order valence-electron chi connectivity index (χ3n) is 8.73. The second kappa shape index (κ2) is 13.8. The maximum atomic E-state index is 4.47. The van der Waals surface area contributed by atoms with Gasteiger partial charge in [-0.3, -0.25) is 0 Å². The van der Waals surface area contributed by atoms with Crippen LogP contribution >= 0.6 is 0 Å². The van der Waals surface area contributed by atoms with E-state index in [4.69, 9.17) is 0 Å². The van der Waals surface area contributed by atoms with E-state index in [9.17, 15) is 0 Å². The second-order valence-corrected chi connectivity index (χ2v) is 12.1. The van der Waals surface area contributed by atoms with Crippen molar-refractivity contribution in [3.8, 4) is 55.9 Å². The van der Waals surface area contributed by atoms with Crippen LogP contribution in [0.1, 0.15) is 30.7 Å². The molecule has 231 valence electrons. The van der Waals surface area contributed by atoms with Gasteiger partial charge in [0.15, 0.2) is 0 Å². The van der Waals surface area contributed by atoms with Gasteiger partial charge in [-0.1, -0.05) is 105 Å². The maximum Gasteiger partial charge on any atom is 0.0266 e. The standard InChI is InChI=1S/C32H24N.C12H10N.Ir/c1-32(2)29-14-4-3-11-27(29)28-13-8-12-26(31(28)32)23-18-16-22(17-19-23)24-9-7-10-25(21-24)30-15-5-6-20-33-30;1-10-6-5-9-12(13-10)11-7-3-2-4-8-11;/h3-9,11-21H,1-2H3;2-7,9H,1H3;/q2*-1;. The summed E-state index contributed by atoms with van der Waals surface area (Å²) >= 11 is 0. The van der Waals surface area contributed by atoms with E-state index in [2.05, 4.69) is 115 Å². The Bertz CT molecular complexity index is 2120. The number of benzene rings is 5. The molecule has 7 aromatic rings. The zero-order valence-corrected chi connectivity index (χ0v) is 29.1. The minimum absolute atomic E-state index is 0. The zero-order valence-electron chi connectivity index (χ0n) is 26.7. The summed E-state index contributed by atoms with van der Waals surface area (Å²) in [5.74, 6) is 0. The van der Waals surface area contributed by atoms with Gasteiger partial charge < -0.3 is 9.97 Å². The average molecular weight is 783 g/mol. The van der Waals surface area contributed by atoms with Crippen molar-refractivity contribution < 1.29 is 20.1 Å². The van der Waals surface area contributed by atoms with E-state index < -0.39 is 0 Å². The molecule has 0 bridgehead atoms. The Morgan fingerprint density at radius 2 is 1.21 bits per heavy atom. The van der Waals surface area contributed by atoms with Crippen molar-refractivity contribution in [2.45, 2.75) is 26.2 Å². The summed E-state index contributed by atoms with van der Waals surface area (Å²) in [6.07, 6.45) is 1.82. The molecule has 3 heteroatoms. The quantitative estimate of drug-likeness (QED) is 0.166. The molecular formula is C44H34IrN2-2. The molecule has 47 heavy (non-hydrogen) atoms. The molecule has 2 heterocycles. The van der Waals surface area contributed by atoms with Crippen molar-refractivity contribution in [1.29, 1.82) is 0 Å².